The number of nitro groups is 1. The molecule has 4 bridgehead atoms. The Morgan fingerprint density at radius 2 is 1.79 bits per heavy atom. The number of carbonyl (C=O) groups excluding carboxylic acids is 1. The summed E-state index contributed by atoms with van der Waals surface area (Å²) in [5.41, 5.74) is 4.77. The predicted molar refractivity (Wildman–Crippen MR) is 89.8 cm³/mol. The van der Waals surface area contributed by atoms with Gasteiger partial charge in [0, 0.05) is 22.9 Å². The van der Waals surface area contributed by atoms with Crippen LogP contribution in [0.1, 0.15) is 48.0 Å². The molecule has 126 valence electrons. The third-order valence-electron chi connectivity index (χ3n) is 5.92. The minimum atomic E-state index is -0.439. The van der Waals surface area contributed by atoms with Crippen molar-refractivity contribution >= 4 is 17.3 Å². The van der Waals surface area contributed by atoms with E-state index in [1.807, 2.05) is 0 Å². The van der Waals surface area contributed by atoms with E-state index in [1.165, 1.54) is 49.9 Å². The van der Waals surface area contributed by atoms with E-state index >= 15 is 0 Å². The van der Waals surface area contributed by atoms with E-state index in [0.717, 1.165) is 11.8 Å². The Bertz CT molecular complexity index is 711. The first-order valence-corrected chi connectivity index (χ1v) is 8.64. The van der Waals surface area contributed by atoms with E-state index in [2.05, 4.69) is 10.5 Å². The minimum Gasteiger partial charge on any atom is -0.267 e. The zero-order valence-corrected chi connectivity index (χ0v) is 13.7. The largest absolute Gasteiger partial charge is 0.272 e. The van der Waals surface area contributed by atoms with E-state index in [4.69, 9.17) is 0 Å². The van der Waals surface area contributed by atoms with Crippen molar-refractivity contribution in [2.45, 2.75) is 39.0 Å². The second kappa shape index (κ2) is 5.69. The molecule has 0 spiro atoms. The summed E-state index contributed by atoms with van der Waals surface area (Å²) in [6.07, 6.45) is 6.27. The molecule has 1 amide bonds. The lowest BCUT2D eigenvalue weighted by atomic mass is 9.55. The summed E-state index contributed by atoms with van der Waals surface area (Å²) >= 11 is 0. The highest BCUT2D eigenvalue weighted by atomic mass is 16.6. The number of aryl methyl sites for hydroxylation is 1. The molecule has 6 heteroatoms. The number of hydrogen-bond donors (Lipinski definition) is 1. The average Bonchev–Trinajstić information content (AvgIpc) is 2.52. The van der Waals surface area contributed by atoms with Crippen molar-refractivity contribution in [2.24, 2.45) is 28.8 Å². The average molecular weight is 327 g/mol. The normalized spacial score (nSPS) is 30.3. The molecule has 4 aliphatic carbocycles. The van der Waals surface area contributed by atoms with Crippen molar-refractivity contribution in [2.75, 3.05) is 0 Å². The van der Waals surface area contributed by atoms with Crippen molar-refractivity contribution < 1.29 is 9.72 Å². The first-order chi connectivity index (χ1) is 11.5. The third kappa shape index (κ3) is 2.60. The van der Waals surface area contributed by atoms with Crippen LogP contribution in [-0.4, -0.2) is 16.5 Å². The maximum absolute atomic E-state index is 12.3. The fraction of sp³-hybridized carbons (Fsp3) is 0.556. The Labute approximate surface area is 140 Å². The third-order valence-corrected chi connectivity index (χ3v) is 5.92. The van der Waals surface area contributed by atoms with E-state index < -0.39 is 4.92 Å². The molecule has 1 aromatic rings. The molecule has 0 radical (unpaired) electrons. The van der Waals surface area contributed by atoms with Gasteiger partial charge in [-0.05, 0) is 74.8 Å². The Hall–Kier alpha value is -2.24. The summed E-state index contributed by atoms with van der Waals surface area (Å²) in [6, 6.07) is 4.41. The summed E-state index contributed by atoms with van der Waals surface area (Å²) in [5, 5.41) is 15.3. The minimum absolute atomic E-state index is 0.0268. The molecular weight excluding hydrogens is 306 g/mol. The van der Waals surface area contributed by atoms with Crippen molar-refractivity contribution in [3.05, 3.63) is 39.4 Å². The molecule has 1 aromatic carbocycles. The topological polar surface area (TPSA) is 84.6 Å². The maximum Gasteiger partial charge on any atom is 0.272 e. The van der Waals surface area contributed by atoms with Crippen LogP contribution in [0, 0.1) is 40.7 Å². The standard InChI is InChI=1S/C18H21N3O3/c1-10-4-13(2-3-16(10)21(23)24)18(22)20-19-17-14-6-11-5-12(8-14)9-15(17)7-11/h2-4,11-12,14-15H,5-9H2,1H3,(H,20,22). The molecule has 1 N–H and O–H groups in total. The molecule has 24 heavy (non-hydrogen) atoms. The van der Waals surface area contributed by atoms with Gasteiger partial charge < -0.3 is 0 Å². The van der Waals surface area contributed by atoms with E-state index in [0.29, 0.717) is 23.0 Å². The number of rotatable bonds is 3. The van der Waals surface area contributed by atoms with Crippen LogP contribution in [0.4, 0.5) is 5.69 Å². The number of benzene rings is 1. The molecule has 0 atom stereocenters. The van der Waals surface area contributed by atoms with Gasteiger partial charge in [-0.2, -0.15) is 5.10 Å². The second-order valence-electron chi connectivity index (χ2n) is 7.54. The van der Waals surface area contributed by atoms with Crippen molar-refractivity contribution in [1.29, 1.82) is 0 Å². The molecule has 0 heterocycles. The molecule has 0 saturated heterocycles. The van der Waals surface area contributed by atoms with Crippen LogP contribution in [-0.2, 0) is 0 Å². The monoisotopic (exact) mass is 327 g/mol. The van der Waals surface area contributed by atoms with E-state index in [9.17, 15) is 14.9 Å². The fourth-order valence-corrected chi connectivity index (χ4v) is 5.03. The highest BCUT2D eigenvalue weighted by Crippen LogP contribution is 2.52. The molecule has 4 fully saturated rings. The van der Waals surface area contributed by atoms with Gasteiger partial charge in [-0.3, -0.25) is 14.9 Å². The van der Waals surface area contributed by atoms with Crippen molar-refractivity contribution in [1.82, 2.24) is 5.43 Å². The SMILES string of the molecule is Cc1cc(C(=O)NN=C2C3CC4CC(C3)CC2C4)ccc1[N+](=O)[O-]. The highest BCUT2D eigenvalue weighted by Gasteiger charge is 2.46. The Morgan fingerprint density at radius 3 is 2.33 bits per heavy atom. The van der Waals surface area contributed by atoms with Crippen LogP contribution < -0.4 is 5.43 Å². The van der Waals surface area contributed by atoms with Crippen LogP contribution >= 0.6 is 0 Å². The van der Waals surface area contributed by atoms with Crippen LogP contribution in [0.15, 0.2) is 23.3 Å². The molecule has 6 nitrogen and oxygen atoms in total. The molecular formula is C18H21N3O3. The van der Waals surface area contributed by atoms with Crippen LogP contribution in [0.25, 0.3) is 0 Å². The summed E-state index contributed by atoms with van der Waals surface area (Å²) in [4.78, 5) is 22.7. The summed E-state index contributed by atoms with van der Waals surface area (Å²) in [7, 11) is 0. The highest BCUT2D eigenvalue weighted by molar-refractivity contribution is 5.97. The number of nitrogens with one attached hydrogen (secondary N) is 1. The fourth-order valence-electron chi connectivity index (χ4n) is 5.03. The van der Waals surface area contributed by atoms with Crippen LogP contribution in [0.2, 0.25) is 0 Å². The van der Waals surface area contributed by atoms with Crippen molar-refractivity contribution in [3.8, 4) is 0 Å². The first kappa shape index (κ1) is 15.3. The van der Waals surface area contributed by atoms with Gasteiger partial charge in [0.15, 0.2) is 0 Å². The zero-order chi connectivity index (χ0) is 16.8. The molecule has 4 aliphatic rings. The van der Waals surface area contributed by atoms with Gasteiger partial charge in [-0.15, -0.1) is 0 Å². The number of nitro benzene ring substituents is 1. The summed E-state index contributed by atoms with van der Waals surface area (Å²) < 4.78 is 0. The summed E-state index contributed by atoms with van der Waals surface area (Å²) in [5.74, 6) is 2.51. The van der Waals surface area contributed by atoms with Gasteiger partial charge in [-0.1, -0.05) is 0 Å². The quantitative estimate of drug-likeness (QED) is 0.681. The van der Waals surface area contributed by atoms with Gasteiger partial charge in [0.1, 0.15) is 0 Å². The number of hydrogen-bond acceptors (Lipinski definition) is 4. The lowest BCUT2D eigenvalue weighted by molar-refractivity contribution is -0.385. The van der Waals surface area contributed by atoms with E-state index in [-0.39, 0.29) is 11.6 Å². The Balaban J connectivity index is 1.49. The van der Waals surface area contributed by atoms with Crippen LogP contribution in [0.5, 0.6) is 0 Å². The number of amides is 1. The van der Waals surface area contributed by atoms with Gasteiger partial charge >= 0.3 is 0 Å². The van der Waals surface area contributed by atoms with Gasteiger partial charge in [0.2, 0.25) is 0 Å². The molecule has 0 unspecified atom stereocenters. The number of hydrazone groups is 1. The van der Waals surface area contributed by atoms with E-state index in [1.54, 1.807) is 13.0 Å². The van der Waals surface area contributed by atoms with Gasteiger partial charge in [0.05, 0.1) is 4.92 Å². The van der Waals surface area contributed by atoms with Crippen molar-refractivity contribution in [3.63, 3.8) is 0 Å². The molecule has 5 rings (SSSR count). The lowest BCUT2D eigenvalue weighted by Crippen LogP contribution is -2.46. The Morgan fingerprint density at radius 1 is 1.17 bits per heavy atom. The van der Waals surface area contributed by atoms with Gasteiger partial charge in [0.25, 0.3) is 11.6 Å². The van der Waals surface area contributed by atoms with Gasteiger partial charge in [-0.25, -0.2) is 5.43 Å². The molecule has 4 saturated carbocycles. The predicted octanol–water partition coefficient (Wildman–Crippen LogP) is 3.45. The maximum atomic E-state index is 12.3. The molecule has 0 aromatic heterocycles. The lowest BCUT2D eigenvalue weighted by Gasteiger charge is -2.50. The molecule has 0 aliphatic heterocycles. The second-order valence-corrected chi connectivity index (χ2v) is 7.54. The first-order valence-electron chi connectivity index (χ1n) is 8.64. The zero-order valence-electron chi connectivity index (χ0n) is 13.7. The van der Waals surface area contributed by atoms with Crippen LogP contribution in [0.3, 0.4) is 0 Å². The number of nitrogens with zero attached hydrogens (tertiary/aromatic N) is 2. The summed E-state index contributed by atoms with van der Waals surface area (Å²) in [6.45, 7) is 1.64. The Kier molecular flexibility index (Phi) is 3.62. The smallest absolute Gasteiger partial charge is 0.267 e. The number of carbonyl (C=O) groups is 1.